The Balaban J connectivity index is 2.99. The van der Waals surface area contributed by atoms with Crippen LogP contribution in [0.3, 0.4) is 0 Å². The van der Waals surface area contributed by atoms with Gasteiger partial charge in [-0.1, -0.05) is 39.2 Å². The van der Waals surface area contributed by atoms with Gasteiger partial charge in [0.25, 0.3) is 5.56 Å². The molecule has 2 atom stereocenters. The molecule has 0 saturated heterocycles. The number of unbranched alkanes of at least 4 members (excludes halogenated alkanes) is 1. The van der Waals surface area contributed by atoms with Crippen LogP contribution in [-0.2, 0) is 9.59 Å². The minimum atomic E-state index is -1.04. The highest BCUT2D eigenvalue weighted by molar-refractivity contribution is 5.85. The molecule has 1 heterocycles. The number of aliphatic carboxylic acids is 1. The van der Waals surface area contributed by atoms with Crippen molar-refractivity contribution in [3.05, 3.63) is 34.2 Å². The molecule has 0 radical (unpaired) electrons. The number of hydrogen-bond donors (Lipinski definition) is 2. The molecule has 128 valence electrons. The van der Waals surface area contributed by atoms with Crippen LogP contribution >= 0.6 is 0 Å². The lowest BCUT2D eigenvalue weighted by atomic mass is 10.1. The molecule has 0 aliphatic rings. The molecule has 0 fully saturated rings. The molecule has 2 N–H and O–H groups in total. The van der Waals surface area contributed by atoms with Gasteiger partial charge in [-0.3, -0.25) is 9.59 Å². The topological polar surface area (TPSA) is 88.4 Å². The molecule has 6 heteroatoms. The largest absolute Gasteiger partial charge is 0.480 e. The van der Waals surface area contributed by atoms with Crippen molar-refractivity contribution in [1.82, 2.24) is 9.88 Å². The first-order valence-corrected chi connectivity index (χ1v) is 8.12. The van der Waals surface area contributed by atoms with Crippen LogP contribution < -0.4 is 10.9 Å². The Morgan fingerprint density at radius 3 is 2.48 bits per heavy atom. The Bertz CT molecular complexity index is 595. The van der Waals surface area contributed by atoms with Crippen LogP contribution in [0.2, 0.25) is 0 Å². The van der Waals surface area contributed by atoms with E-state index in [1.807, 2.05) is 20.8 Å². The summed E-state index contributed by atoms with van der Waals surface area (Å²) in [6.07, 6.45) is 4.80. The van der Waals surface area contributed by atoms with Gasteiger partial charge in [0, 0.05) is 12.3 Å². The molecule has 23 heavy (non-hydrogen) atoms. The zero-order valence-electron chi connectivity index (χ0n) is 14.0. The van der Waals surface area contributed by atoms with Crippen LogP contribution in [0.1, 0.15) is 57.6 Å². The number of amides is 1. The van der Waals surface area contributed by atoms with E-state index in [9.17, 15) is 19.5 Å². The van der Waals surface area contributed by atoms with Gasteiger partial charge in [-0.15, -0.1) is 0 Å². The maximum Gasteiger partial charge on any atom is 0.326 e. The molecule has 1 aromatic rings. The summed E-state index contributed by atoms with van der Waals surface area (Å²) in [4.78, 5) is 35.9. The number of pyridine rings is 1. The smallest absolute Gasteiger partial charge is 0.326 e. The number of aromatic nitrogens is 1. The molecule has 6 nitrogen and oxygen atoms in total. The lowest BCUT2D eigenvalue weighted by Gasteiger charge is -2.22. The number of carboxylic acids is 1. The Hall–Kier alpha value is -2.11. The van der Waals surface area contributed by atoms with Gasteiger partial charge in [-0.05, 0) is 25.3 Å². The fourth-order valence-corrected chi connectivity index (χ4v) is 2.46. The van der Waals surface area contributed by atoms with E-state index in [0.717, 1.165) is 18.4 Å². The molecular formula is C17H26N2O4. The number of carboxylic acid groups (broad SMARTS) is 1. The first-order valence-electron chi connectivity index (χ1n) is 8.12. The van der Waals surface area contributed by atoms with Gasteiger partial charge < -0.3 is 15.0 Å². The number of rotatable bonds is 9. The van der Waals surface area contributed by atoms with E-state index in [1.165, 1.54) is 10.6 Å². The van der Waals surface area contributed by atoms with Crippen LogP contribution in [0.4, 0.5) is 0 Å². The zero-order chi connectivity index (χ0) is 17.4. The molecule has 0 aliphatic carbocycles. The molecule has 2 unspecified atom stereocenters. The van der Waals surface area contributed by atoms with Crippen molar-refractivity contribution in [1.29, 1.82) is 0 Å². The predicted octanol–water partition coefficient (Wildman–Crippen LogP) is 2.26. The maximum atomic E-state index is 12.5. The zero-order valence-corrected chi connectivity index (χ0v) is 14.0. The minimum Gasteiger partial charge on any atom is -0.480 e. The average Bonchev–Trinajstić information content (AvgIpc) is 2.51. The molecule has 0 aliphatic heterocycles. The minimum absolute atomic E-state index is 0.260. The van der Waals surface area contributed by atoms with Crippen molar-refractivity contribution in [3.8, 4) is 0 Å². The quantitative estimate of drug-likeness (QED) is 0.730. The van der Waals surface area contributed by atoms with Crippen molar-refractivity contribution in [2.45, 2.75) is 65.0 Å². The third kappa shape index (κ3) is 5.54. The number of carbonyl (C=O) groups is 2. The molecule has 0 spiro atoms. The van der Waals surface area contributed by atoms with E-state index >= 15 is 0 Å². The normalized spacial score (nSPS) is 13.3. The average molecular weight is 322 g/mol. The summed E-state index contributed by atoms with van der Waals surface area (Å²) in [5, 5.41) is 11.8. The SMILES string of the molecule is CCCCC(NC(=O)C(CCC)n1cc(C)ccc1=O)C(=O)O. The molecule has 0 bridgehead atoms. The number of nitrogens with zero attached hydrogens (tertiary/aromatic N) is 1. The number of nitrogens with one attached hydrogen (secondary N) is 1. The lowest BCUT2D eigenvalue weighted by Crippen LogP contribution is -2.45. The Morgan fingerprint density at radius 2 is 1.91 bits per heavy atom. The van der Waals surface area contributed by atoms with E-state index in [4.69, 9.17) is 0 Å². The summed E-state index contributed by atoms with van der Waals surface area (Å²) in [6, 6.07) is 1.52. The third-order valence-corrected chi connectivity index (χ3v) is 3.75. The molecule has 1 amide bonds. The van der Waals surface area contributed by atoms with E-state index < -0.39 is 24.0 Å². The third-order valence-electron chi connectivity index (χ3n) is 3.75. The summed E-state index contributed by atoms with van der Waals surface area (Å²) < 4.78 is 1.40. The summed E-state index contributed by atoms with van der Waals surface area (Å²) in [6.45, 7) is 5.73. The fraction of sp³-hybridized carbons (Fsp3) is 0.588. The highest BCUT2D eigenvalue weighted by atomic mass is 16.4. The van der Waals surface area contributed by atoms with Crippen molar-refractivity contribution < 1.29 is 14.7 Å². The van der Waals surface area contributed by atoms with Crippen molar-refractivity contribution in [3.63, 3.8) is 0 Å². The molecular weight excluding hydrogens is 296 g/mol. The van der Waals surface area contributed by atoms with Gasteiger partial charge in [-0.2, -0.15) is 0 Å². The second-order valence-corrected chi connectivity index (χ2v) is 5.80. The van der Waals surface area contributed by atoms with Crippen molar-refractivity contribution >= 4 is 11.9 Å². The standard InChI is InChI=1S/C17H26N2O4/c1-4-6-8-13(17(22)23)18-16(21)14(7-5-2)19-11-12(3)9-10-15(19)20/h9-11,13-14H,4-8H2,1-3H3,(H,18,21)(H,22,23). The van der Waals surface area contributed by atoms with Gasteiger partial charge in [0.2, 0.25) is 5.91 Å². The van der Waals surface area contributed by atoms with E-state index in [0.29, 0.717) is 19.3 Å². The van der Waals surface area contributed by atoms with E-state index in [2.05, 4.69) is 5.32 Å². The highest BCUT2D eigenvalue weighted by Gasteiger charge is 2.26. The number of hydrogen-bond acceptors (Lipinski definition) is 3. The summed E-state index contributed by atoms with van der Waals surface area (Å²) in [7, 11) is 0. The van der Waals surface area contributed by atoms with Crippen LogP contribution in [0, 0.1) is 6.92 Å². The Kier molecular flexibility index (Phi) is 7.51. The van der Waals surface area contributed by atoms with Gasteiger partial charge in [0.1, 0.15) is 12.1 Å². The van der Waals surface area contributed by atoms with Gasteiger partial charge in [0.05, 0.1) is 0 Å². The van der Waals surface area contributed by atoms with Crippen LogP contribution in [0.5, 0.6) is 0 Å². The maximum absolute atomic E-state index is 12.5. The second kappa shape index (κ2) is 9.12. The molecule has 0 aromatic carbocycles. The number of carbonyl (C=O) groups excluding carboxylic acids is 1. The highest BCUT2D eigenvalue weighted by Crippen LogP contribution is 2.14. The van der Waals surface area contributed by atoms with Crippen molar-refractivity contribution in [2.24, 2.45) is 0 Å². The molecule has 1 aromatic heterocycles. The second-order valence-electron chi connectivity index (χ2n) is 5.80. The van der Waals surface area contributed by atoms with Gasteiger partial charge in [-0.25, -0.2) is 4.79 Å². The number of aryl methyl sites for hydroxylation is 1. The first kappa shape index (κ1) is 18.9. The summed E-state index contributed by atoms with van der Waals surface area (Å²) >= 11 is 0. The molecule has 1 rings (SSSR count). The fourth-order valence-electron chi connectivity index (χ4n) is 2.46. The Morgan fingerprint density at radius 1 is 1.22 bits per heavy atom. The van der Waals surface area contributed by atoms with Gasteiger partial charge in [0.15, 0.2) is 0 Å². The van der Waals surface area contributed by atoms with E-state index in [-0.39, 0.29) is 5.56 Å². The predicted molar refractivity (Wildman–Crippen MR) is 88.5 cm³/mol. The molecule has 0 saturated carbocycles. The summed E-state index contributed by atoms with van der Waals surface area (Å²) in [5.41, 5.74) is 0.615. The lowest BCUT2D eigenvalue weighted by molar-refractivity contribution is -0.142. The summed E-state index contributed by atoms with van der Waals surface area (Å²) in [5.74, 6) is -1.46. The van der Waals surface area contributed by atoms with Crippen LogP contribution in [-0.4, -0.2) is 27.6 Å². The van der Waals surface area contributed by atoms with Crippen molar-refractivity contribution in [2.75, 3.05) is 0 Å². The monoisotopic (exact) mass is 322 g/mol. The van der Waals surface area contributed by atoms with Crippen LogP contribution in [0.25, 0.3) is 0 Å². The Labute approximate surface area is 136 Å². The van der Waals surface area contributed by atoms with Crippen LogP contribution in [0.15, 0.2) is 23.1 Å². The first-order chi connectivity index (χ1) is 10.9. The van der Waals surface area contributed by atoms with E-state index in [1.54, 1.807) is 12.3 Å². The van der Waals surface area contributed by atoms with Gasteiger partial charge >= 0.3 is 5.97 Å².